The van der Waals surface area contributed by atoms with Gasteiger partial charge in [-0.05, 0) is 41.7 Å². The summed E-state index contributed by atoms with van der Waals surface area (Å²) in [6, 6.07) is 6.55. The Morgan fingerprint density at radius 1 is 1.45 bits per heavy atom. The molecule has 0 bridgehead atoms. The van der Waals surface area contributed by atoms with Crippen LogP contribution < -0.4 is 0 Å². The van der Waals surface area contributed by atoms with Crippen LogP contribution in [-0.4, -0.2) is 29.1 Å². The summed E-state index contributed by atoms with van der Waals surface area (Å²) in [6.07, 6.45) is 2.12. The number of carbonyl (C=O) groups is 1. The second kappa shape index (κ2) is 5.93. The minimum absolute atomic E-state index is 0.170. The van der Waals surface area contributed by atoms with Gasteiger partial charge in [-0.2, -0.15) is 0 Å². The second-order valence-corrected chi connectivity index (χ2v) is 5.84. The molecule has 1 aromatic carbocycles. The summed E-state index contributed by atoms with van der Waals surface area (Å²) in [6.45, 7) is 4.28. The van der Waals surface area contributed by atoms with Crippen molar-refractivity contribution in [3.63, 3.8) is 0 Å². The van der Waals surface area contributed by atoms with Crippen molar-refractivity contribution in [2.45, 2.75) is 25.8 Å². The Labute approximate surface area is 128 Å². The number of aromatic carboxylic acids is 1. The first-order chi connectivity index (χ1) is 10.5. The van der Waals surface area contributed by atoms with E-state index in [9.17, 15) is 9.18 Å². The van der Waals surface area contributed by atoms with Crippen molar-refractivity contribution in [1.29, 1.82) is 0 Å². The molecule has 3 rings (SSSR count). The van der Waals surface area contributed by atoms with E-state index in [1.807, 2.05) is 6.07 Å². The predicted molar refractivity (Wildman–Crippen MR) is 79.5 cm³/mol. The van der Waals surface area contributed by atoms with Crippen molar-refractivity contribution in [3.8, 4) is 0 Å². The first-order valence-electron chi connectivity index (χ1n) is 7.34. The molecular weight excluding hydrogens is 285 g/mol. The molecule has 1 aromatic heterocycles. The lowest BCUT2D eigenvalue weighted by atomic mass is 9.95. The lowest BCUT2D eigenvalue weighted by molar-refractivity contribution is 0.0696. The second-order valence-electron chi connectivity index (χ2n) is 5.84. The average molecular weight is 303 g/mol. The van der Waals surface area contributed by atoms with Gasteiger partial charge in [-0.3, -0.25) is 4.90 Å². The largest absolute Gasteiger partial charge is 0.478 e. The molecule has 5 heteroatoms. The normalized spacial score (nSPS) is 18.7. The maximum atomic E-state index is 13.4. The SMILES string of the molecule is CC1CN(Cc2cc(C(=O)O)co2)CCc2ccc(F)cc21. The van der Waals surface area contributed by atoms with Crippen LogP contribution in [0.1, 0.15) is 40.1 Å². The number of benzene rings is 1. The van der Waals surface area contributed by atoms with Gasteiger partial charge in [-0.15, -0.1) is 0 Å². The van der Waals surface area contributed by atoms with E-state index in [4.69, 9.17) is 9.52 Å². The first kappa shape index (κ1) is 14.8. The number of halogens is 1. The fraction of sp³-hybridized carbons (Fsp3) is 0.353. The van der Waals surface area contributed by atoms with Crippen LogP contribution in [0.3, 0.4) is 0 Å². The van der Waals surface area contributed by atoms with E-state index < -0.39 is 5.97 Å². The van der Waals surface area contributed by atoms with Gasteiger partial charge < -0.3 is 9.52 Å². The zero-order valence-corrected chi connectivity index (χ0v) is 12.4. The van der Waals surface area contributed by atoms with Gasteiger partial charge in [-0.25, -0.2) is 9.18 Å². The molecule has 1 N–H and O–H groups in total. The van der Waals surface area contributed by atoms with E-state index in [0.29, 0.717) is 12.3 Å². The van der Waals surface area contributed by atoms with E-state index in [1.165, 1.54) is 17.9 Å². The highest BCUT2D eigenvalue weighted by molar-refractivity contribution is 5.87. The molecule has 0 spiro atoms. The molecule has 0 amide bonds. The fourth-order valence-corrected chi connectivity index (χ4v) is 3.05. The molecule has 0 saturated carbocycles. The summed E-state index contributed by atoms with van der Waals surface area (Å²) in [5.74, 6) is -0.317. The zero-order valence-electron chi connectivity index (χ0n) is 12.4. The smallest absolute Gasteiger partial charge is 0.338 e. The zero-order chi connectivity index (χ0) is 15.7. The van der Waals surface area contributed by atoms with Crippen molar-refractivity contribution in [3.05, 3.63) is 58.8 Å². The molecule has 0 radical (unpaired) electrons. The van der Waals surface area contributed by atoms with Crippen LogP contribution in [0.15, 0.2) is 34.9 Å². The molecule has 1 aliphatic heterocycles. The van der Waals surface area contributed by atoms with Crippen molar-refractivity contribution in [2.24, 2.45) is 0 Å². The van der Waals surface area contributed by atoms with Crippen molar-refractivity contribution < 1.29 is 18.7 Å². The number of furan rings is 1. The highest BCUT2D eigenvalue weighted by Gasteiger charge is 2.21. The Morgan fingerprint density at radius 2 is 2.27 bits per heavy atom. The maximum Gasteiger partial charge on any atom is 0.338 e. The summed E-state index contributed by atoms with van der Waals surface area (Å²) in [7, 11) is 0. The molecule has 116 valence electrons. The fourth-order valence-electron chi connectivity index (χ4n) is 3.05. The van der Waals surface area contributed by atoms with Crippen molar-refractivity contribution >= 4 is 5.97 Å². The average Bonchev–Trinajstić information content (AvgIpc) is 2.88. The highest BCUT2D eigenvalue weighted by Crippen LogP contribution is 2.27. The van der Waals surface area contributed by atoms with E-state index in [2.05, 4.69) is 11.8 Å². The molecule has 1 atom stereocenters. The van der Waals surface area contributed by atoms with Gasteiger partial charge in [0.05, 0.1) is 12.1 Å². The van der Waals surface area contributed by atoms with Gasteiger partial charge in [0.1, 0.15) is 17.8 Å². The minimum Gasteiger partial charge on any atom is -0.478 e. The summed E-state index contributed by atoms with van der Waals surface area (Å²) in [4.78, 5) is 13.1. The maximum absolute atomic E-state index is 13.4. The van der Waals surface area contributed by atoms with E-state index in [0.717, 1.165) is 25.1 Å². The number of nitrogens with zero attached hydrogens (tertiary/aromatic N) is 1. The van der Waals surface area contributed by atoms with Gasteiger partial charge in [0.2, 0.25) is 0 Å². The number of fused-ring (bicyclic) bond motifs is 1. The molecule has 4 nitrogen and oxygen atoms in total. The number of carboxylic acids is 1. The monoisotopic (exact) mass is 303 g/mol. The molecule has 0 saturated heterocycles. The lowest BCUT2D eigenvalue weighted by Gasteiger charge is -2.21. The van der Waals surface area contributed by atoms with Crippen LogP contribution >= 0.6 is 0 Å². The lowest BCUT2D eigenvalue weighted by Crippen LogP contribution is -2.27. The summed E-state index contributed by atoms with van der Waals surface area (Å²) in [5.41, 5.74) is 2.42. The Morgan fingerprint density at radius 3 is 3.00 bits per heavy atom. The molecule has 0 fully saturated rings. The molecule has 1 unspecified atom stereocenters. The molecule has 2 aromatic rings. The third-order valence-corrected chi connectivity index (χ3v) is 4.15. The summed E-state index contributed by atoms with van der Waals surface area (Å²) in [5, 5.41) is 8.93. The first-order valence-corrected chi connectivity index (χ1v) is 7.34. The van der Waals surface area contributed by atoms with Crippen molar-refractivity contribution in [1.82, 2.24) is 4.90 Å². The molecule has 2 heterocycles. The third-order valence-electron chi connectivity index (χ3n) is 4.15. The molecule has 1 aliphatic rings. The number of hydrogen-bond acceptors (Lipinski definition) is 3. The number of rotatable bonds is 3. The molecule has 22 heavy (non-hydrogen) atoms. The third kappa shape index (κ3) is 3.04. The highest BCUT2D eigenvalue weighted by atomic mass is 19.1. The quantitative estimate of drug-likeness (QED) is 0.945. The number of carboxylic acid groups (broad SMARTS) is 1. The van der Waals surface area contributed by atoms with Crippen LogP contribution in [0.4, 0.5) is 4.39 Å². The van der Waals surface area contributed by atoms with Crippen LogP contribution in [0, 0.1) is 5.82 Å². The molecule has 0 aliphatic carbocycles. The van der Waals surface area contributed by atoms with Gasteiger partial charge >= 0.3 is 5.97 Å². The van der Waals surface area contributed by atoms with Crippen molar-refractivity contribution in [2.75, 3.05) is 13.1 Å². The Kier molecular flexibility index (Phi) is 3.98. The van der Waals surface area contributed by atoms with Crippen LogP contribution in [0.25, 0.3) is 0 Å². The molecular formula is C17H18FNO3. The van der Waals surface area contributed by atoms with Gasteiger partial charge in [-0.1, -0.05) is 13.0 Å². The van der Waals surface area contributed by atoms with E-state index in [-0.39, 0.29) is 17.3 Å². The Bertz CT molecular complexity index is 695. The van der Waals surface area contributed by atoms with Crippen LogP contribution in [-0.2, 0) is 13.0 Å². The Balaban J connectivity index is 1.73. The van der Waals surface area contributed by atoms with E-state index >= 15 is 0 Å². The van der Waals surface area contributed by atoms with Crippen LogP contribution in [0.2, 0.25) is 0 Å². The summed E-state index contributed by atoms with van der Waals surface area (Å²) >= 11 is 0. The predicted octanol–water partition coefficient (Wildman–Crippen LogP) is 3.28. The van der Waals surface area contributed by atoms with Crippen LogP contribution in [0.5, 0.6) is 0 Å². The topological polar surface area (TPSA) is 53.7 Å². The minimum atomic E-state index is -0.984. The number of hydrogen-bond donors (Lipinski definition) is 1. The summed E-state index contributed by atoms with van der Waals surface area (Å²) < 4.78 is 18.8. The van der Waals surface area contributed by atoms with Gasteiger partial charge in [0.25, 0.3) is 0 Å². The Hall–Kier alpha value is -2.14. The van der Waals surface area contributed by atoms with E-state index in [1.54, 1.807) is 12.1 Å². The van der Waals surface area contributed by atoms with Gasteiger partial charge in [0, 0.05) is 13.1 Å². The standard InChI is InChI=1S/C17H18FNO3/c1-11-8-19(9-15-6-13(10-22-15)17(20)21)5-4-12-2-3-14(18)7-16(11)12/h2-3,6-7,10-11H,4-5,8-9H2,1H3,(H,20,21). The van der Waals surface area contributed by atoms with Gasteiger partial charge in [0.15, 0.2) is 0 Å².